The normalized spacial score (nSPS) is 13.6. The Labute approximate surface area is 394 Å². The monoisotopic (exact) mass is 910 g/mol. The lowest BCUT2D eigenvalue weighted by atomic mass is 10.0. The Kier molecular flexibility index (Phi) is 41.8. The number of likely N-dealkylation sites (N-methyl/N-ethyl adjacent to an activating group) is 1. The summed E-state index contributed by atoms with van der Waals surface area (Å²) >= 11 is 0. The van der Waals surface area contributed by atoms with Crippen LogP contribution in [0.3, 0.4) is 0 Å². The van der Waals surface area contributed by atoms with Crippen LogP contribution in [0.25, 0.3) is 0 Å². The summed E-state index contributed by atoms with van der Waals surface area (Å²) in [6.45, 7) is 24.7. The van der Waals surface area contributed by atoms with Gasteiger partial charge in [-0.1, -0.05) is 158 Å². The van der Waals surface area contributed by atoms with Crippen molar-refractivity contribution in [1.82, 2.24) is 14.7 Å². The highest BCUT2D eigenvalue weighted by Gasteiger charge is 2.16. The van der Waals surface area contributed by atoms with Crippen LogP contribution in [0.2, 0.25) is 0 Å². The van der Waals surface area contributed by atoms with Crippen molar-refractivity contribution in [3.63, 3.8) is 0 Å². The number of nitrogens with zero attached hydrogens (tertiary/aromatic N) is 3. The SMILES string of the molecule is CCC(C)CCCCCOC(=O)CCN(CCC(=O)OCCCCCC(C)CC)CCN(C)CCN(CCC(=O)OCCCCCC(C)CC)CCC(=O)OCCCCCC(C)CC. The average molecular weight is 910 g/mol. The van der Waals surface area contributed by atoms with Crippen LogP contribution in [-0.4, -0.2) is 124 Å². The van der Waals surface area contributed by atoms with Gasteiger partial charge in [0.25, 0.3) is 0 Å². The first-order chi connectivity index (χ1) is 30.8. The summed E-state index contributed by atoms with van der Waals surface area (Å²) < 4.78 is 22.3. The van der Waals surface area contributed by atoms with Gasteiger partial charge in [-0.2, -0.15) is 0 Å². The van der Waals surface area contributed by atoms with Crippen molar-refractivity contribution in [3.05, 3.63) is 0 Å². The highest BCUT2D eigenvalue weighted by Crippen LogP contribution is 2.15. The summed E-state index contributed by atoms with van der Waals surface area (Å²) in [5, 5.41) is 0. The largest absolute Gasteiger partial charge is 0.466 e. The molecule has 0 heterocycles. The van der Waals surface area contributed by atoms with Crippen molar-refractivity contribution in [2.75, 3.05) is 85.8 Å². The van der Waals surface area contributed by atoms with Crippen molar-refractivity contribution in [1.29, 1.82) is 0 Å². The Hall–Kier alpha value is -2.24. The number of ether oxygens (including phenoxy) is 4. The number of rotatable bonds is 46. The molecule has 0 aliphatic rings. The van der Waals surface area contributed by atoms with E-state index in [0.29, 0.717) is 65.7 Å². The van der Waals surface area contributed by atoms with E-state index in [1.165, 1.54) is 51.4 Å². The Balaban J connectivity index is 5.20. The highest BCUT2D eigenvalue weighted by atomic mass is 16.5. The molecule has 0 amide bonds. The fourth-order valence-corrected chi connectivity index (χ4v) is 7.34. The van der Waals surface area contributed by atoms with E-state index in [1.807, 2.05) is 0 Å². The maximum Gasteiger partial charge on any atom is 0.307 e. The van der Waals surface area contributed by atoms with Gasteiger partial charge in [0.2, 0.25) is 0 Å². The maximum atomic E-state index is 12.7. The van der Waals surface area contributed by atoms with Gasteiger partial charge in [0.15, 0.2) is 0 Å². The number of unbranched alkanes of at least 4 members (excludes halogenated alkanes) is 8. The van der Waals surface area contributed by atoms with Crippen LogP contribution in [0.5, 0.6) is 0 Å². The molecule has 378 valence electrons. The Morgan fingerprint density at radius 1 is 0.344 bits per heavy atom. The molecule has 0 aromatic carbocycles. The number of hydrogen-bond acceptors (Lipinski definition) is 11. The van der Waals surface area contributed by atoms with Crippen molar-refractivity contribution in [2.45, 2.75) is 209 Å². The van der Waals surface area contributed by atoms with E-state index in [4.69, 9.17) is 18.9 Å². The van der Waals surface area contributed by atoms with Gasteiger partial charge < -0.3 is 33.6 Å². The number of hydrogen-bond donors (Lipinski definition) is 0. The molecule has 0 spiro atoms. The lowest BCUT2D eigenvalue weighted by molar-refractivity contribution is -0.146. The van der Waals surface area contributed by atoms with Crippen LogP contribution in [0.15, 0.2) is 0 Å². The van der Waals surface area contributed by atoms with E-state index >= 15 is 0 Å². The average Bonchev–Trinajstić information content (AvgIpc) is 3.29. The van der Waals surface area contributed by atoms with E-state index in [9.17, 15) is 19.2 Å². The first kappa shape index (κ1) is 61.8. The molecular weight excluding hydrogens is 807 g/mol. The quantitative estimate of drug-likeness (QED) is 0.0330. The van der Waals surface area contributed by atoms with Crippen LogP contribution >= 0.6 is 0 Å². The third kappa shape index (κ3) is 40.1. The molecule has 0 aliphatic heterocycles. The fraction of sp³-hybridized carbons (Fsp3) is 0.925. The predicted octanol–water partition coefficient (Wildman–Crippen LogP) is 11.7. The summed E-state index contributed by atoms with van der Waals surface area (Å²) in [6, 6.07) is 0. The third-order valence-corrected chi connectivity index (χ3v) is 13.3. The fourth-order valence-electron chi connectivity index (χ4n) is 7.34. The molecule has 0 rings (SSSR count). The Bertz CT molecular complexity index is 965. The molecule has 64 heavy (non-hydrogen) atoms. The summed E-state index contributed by atoms with van der Waals surface area (Å²) in [7, 11) is 2.06. The Morgan fingerprint density at radius 2 is 0.578 bits per heavy atom. The topological polar surface area (TPSA) is 115 Å². The van der Waals surface area contributed by atoms with E-state index in [0.717, 1.165) is 114 Å². The van der Waals surface area contributed by atoms with E-state index < -0.39 is 0 Å². The molecular formula is C53H103N3O8. The summed E-state index contributed by atoms with van der Waals surface area (Å²) in [4.78, 5) is 57.5. The van der Waals surface area contributed by atoms with Gasteiger partial charge in [0, 0.05) is 52.4 Å². The van der Waals surface area contributed by atoms with Gasteiger partial charge in [0.1, 0.15) is 0 Å². The molecule has 11 heteroatoms. The molecule has 11 nitrogen and oxygen atoms in total. The molecule has 0 saturated carbocycles. The minimum atomic E-state index is -0.198. The molecule has 0 N–H and O–H groups in total. The second kappa shape index (κ2) is 43.3. The second-order valence-electron chi connectivity index (χ2n) is 19.3. The van der Waals surface area contributed by atoms with E-state index in [2.05, 4.69) is 77.1 Å². The van der Waals surface area contributed by atoms with Crippen molar-refractivity contribution >= 4 is 23.9 Å². The first-order valence-electron chi connectivity index (χ1n) is 26.6. The van der Waals surface area contributed by atoms with Crippen molar-refractivity contribution in [2.24, 2.45) is 23.7 Å². The van der Waals surface area contributed by atoms with Gasteiger partial charge in [0.05, 0.1) is 52.1 Å². The predicted molar refractivity (Wildman–Crippen MR) is 264 cm³/mol. The Morgan fingerprint density at radius 3 is 0.797 bits per heavy atom. The smallest absolute Gasteiger partial charge is 0.307 e. The zero-order valence-corrected chi connectivity index (χ0v) is 43.4. The molecule has 0 aromatic heterocycles. The molecule has 0 bridgehead atoms. The standard InChI is InChI=1S/C53H103N3O8/c1-10-46(5)26-18-14-22-42-61-50(57)30-34-55(35-31-51(58)62-43-23-15-19-27-47(6)11-2)40-38-54(9)39-41-56(36-32-52(59)63-44-24-16-20-28-48(7)12-3)37-33-53(60)64-45-25-17-21-29-49(8)13-4/h46-49H,10-45H2,1-9H3. The second-order valence-corrected chi connectivity index (χ2v) is 19.3. The lowest BCUT2D eigenvalue weighted by Crippen LogP contribution is -2.40. The van der Waals surface area contributed by atoms with Crippen LogP contribution in [0, 0.1) is 23.7 Å². The summed E-state index contributed by atoms with van der Waals surface area (Å²) in [5.41, 5.74) is 0. The van der Waals surface area contributed by atoms with Crippen LogP contribution in [-0.2, 0) is 38.1 Å². The van der Waals surface area contributed by atoms with Crippen LogP contribution in [0.1, 0.15) is 209 Å². The minimum absolute atomic E-state index is 0.198. The molecule has 0 saturated heterocycles. The third-order valence-electron chi connectivity index (χ3n) is 13.3. The van der Waals surface area contributed by atoms with Gasteiger partial charge in [-0.15, -0.1) is 0 Å². The van der Waals surface area contributed by atoms with Gasteiger partial charge in [-0.3, -0.25) is 19.2 Å². The van der Waals surface area contributed by atoms with Crippen LogP contribution < -0.4 is 0 Å². The molecule has 4 atom stereocenters. The van der Waals surface area contributed by atoms with Gasteiger partial charge in [-0.05, 0) is 56.4 Å². The van der Waals surface area contributed by atoms with Crippen molar-refractivity contribution < 1.29 is 38.1 Å². The first-order valence-corrected chi connectivity index (χ1v) is 26.6. The van der Waals surface area contributed by atoms with E-state index in [1.54, 1.807) is 0 Å². The zero-order chi connectivity index (χ0) is 47.6. The highest BCUT2D eigenvalue weighted by molar-refractivity contribution is 5.71. The molecule has 0 radical (unpaired) electrons. The molecule has 0 aromatic rings. The molecule has 0 aliphatic carbocycles. The number of esters is 4. The lowest BCUT2D eigenvalue weighted by Gasteiger charge is -2.27. The molecule has 0 fully saturated rings. The minimum Gasteiger partial charge on any atom is -0.466 e. The summed E-state index contributed by atoms with van der Waals surface area (Å²) in [5.74, 6) is 2.16. The van der Waals surface area contributed by atoms with E-state index in [-0.39, 0.29) is 49.6 Å². The molecule has 4 unspecified atom stereocenters. The van der Waals surface area contributed by atoms with Crippen molar-refractivity contribution in [3.8, 4) is 0 Å². The van der Waals surface area contributed by atoms with Crippen LogP contribution in [0.4, 0.5) is 0 Å². The van der Waals surface area contributed by atoms with Gasteiger partial charge in [-0.25, -0.2) is 0 Å². The maximum absolute atomic E-state index is 12.7. The zero-order valence-electron chi connectivity index (χ0n) is 43.4. The van der Waals surface area contributed by atoms with Gasteiger partial charge >= 0.3 is 23.9 Å². The number of carbonyl (C=O) groups excluding carboxylic acids is 4. The summed E-state index contributed by atoms with van der Waals surface area (Å²) in [6.07, 6.45) is 23.2. The number of carbonyl (C=O) groups is 4.